The molecule has 1 N–H and O–H groups in total. The Labute approximate surface area is 130 Å². The predicted molar refractivity (Wildman–Crippen MR) is 91.8 cm³/mol. The quantitative estimate of drug-likeness (QED) is 0.730. The number of benzene rings is 1. The van der Waals surface area contributed by atoms with Gasteiger partial charge in [0.15, 0.2) is 0 Å². The van der Waals surface area contributed by atoms with Crippen LogP contribution in [0.15, 0.2) is 30.3 Å². The maximum Gasteiger partial charge on any atom is 0.00226 e. The predicted octanol–water partition coefficient (Wildman–Crippen LogP) is 3.89. The molecule has 0 spiro atoms. The average molecular weight is 288 g/mol. The Kier molecular flexibility index (Phi) is 7.25. The highest BCUT2D eigenvalue weighted by Gasteiger charge is 2.15. The summed E-state index contributed by atoms with van der Waals surface area (Å²) in [4.78, 5) is 2.63. The number of rotatable bonds is 8. The van der Waals surface area contributed by atoms with Gasteiger partial charge in [-0.05, 0) is 62.8 Å². The lowest BCUT2D eigenvalue weighted by atomic mass is 9.88. The van der Waals surface area contributed by atoms with Gasteiger partial charge in [0.2, 0.25) is 0 Å². The van der Waals surface area contributed by atoms with Crippen LogP contribution in [0.25, 0.3) is 0 Å². The molecular weight excluding hydrogens is 256 g/mol. The fraction of sp³-hybridized carbons (Fsp3) is 0.684. The largest absolute Gasteiger partial charge is 0.316 e. The van der Waals surface area contributed by atoms with Gasteiger partial charge in [-0.2, -0.15) is 0 Å². The molecule has 0 aromatic heterocycles. The number of hydrogen-bond acceptors (Lipinski definition) is 2. The van der Waals surface area contributed by atoms with Gasteiger partial charge in [0.25, 0.3) is 0 Å². The summed E-state index contributed by atoms with van der Waals surface area (Å²) in [5, 5.41) is 3.68. The molecule has 0 bridgehead atoms. The van der Waals surface area contributed by atoms with Gasteiger partial charge in [-0.1, -0.05) is 50.6 Å². The first-order chi connectivity index (χ1) is 10.3. The summed E-state index contributed by atoms with van der Waals surface area (Å²) in [7, 11) is 0. The van der Waals surface area contributed by atoms with Crippen molar-refractivity contribution in [3.8, 4) is 0 Å². The lowest BCUT2D eigenvalue weighted by Gasteiger charge is -2.26. The van der Waals surface area contributed by atoms with Crippen LogP contribution >= 0.6 is 0 Å². The van der Waals surface area contributed by atoms with Gasteiger partial charge in [-0.15, -0.1) is 0 Å². The van der Waals surface area contributed by atoms with Gasteiger partial charge in [0.05, 0.1) is 0 Å². The first kappa shape index (κ1) is 16.5. The highest BCUT2D eigenvalue weighted by Crippen LogP contribution is 2.23. The fourth-order valence-corrected chi connectivity index (χ4v) is 3.31. The fourth-order valence-electron chi connectivity index (χ4n) is 3.31. The zero-order chi connectivity index (χ0) is 14.9. The molecule has 2 rings (SSSR count). The van der Waals surface area contributed by atoms with E-state index >= 15 is 0 Å². The molecule has 0 aliphatic carbocycles. The van der Waals surface area contributed by atoms with Crippen LogP contribution in [-0.2, 0) is 0 Å². The first-order valence-electron chi connectivity index (χ1n) is 8.75. The summed E-state index contributed by atoms with van der Waals surface area (Å²) < 4.78 is 0. The van der Waals surface area contributed by atoms with E-state index in [9.17, 15) is 0 Å². The zero-order valence-electron chi connectivity index (χ0n) is 13.9. The molecule has 1 aromatic rings. The molecule has 1 aromatic carbocycles. The van der Waals surface area contributed by atoms with Crippen molar-refractivity contribution >= 4 is 0 Å². The molecule has 1 aliphatic heterocycles. The van der Waals surface area contributed by atoms with Crippen LogP contribution < -0.4 is 5.32 Å². The molecule has 2 heteroatoms. The van der Waals surface area contributed by atoms with Crippen LogP contribution in [0.4, 0.5) is 0 Å². The Morgan fingerprint density at radius 2 is 1.76 bits per heavy atom. The van der Waals surface area contributed by atoms with Crippen LogP contribution in [0, 0.1) is 5.92 Å². The molecule has 0 saturated carbocycles. The van der Waals surface area contributed by atoms with Crippen molar-refractivity contribution in [2.45, 2.75) is 45.4 Å². The van der Waals surface area contributed by atoms with E-state index in [0.717, 1.165) is 13.1 Å². The Morgan fingerprint density at radius 1 is 1.05 bits per heavy atom. The third kappa shape index (κ3) is 5.80. The van der Waals surface area contributed by atoms with Crippen molar-refractivity contribution in [2.24, 2.45) is 5.92 Å². The van der Waals surface area contributed by atoms with Crippen LogP contribution in [0.5, 0.6) is 0 Å². The maximum absolute atomic E-state index is 3.68. The average Bonchev–Trinajstić information content (AvgIpc) is 2.52. The van der Waals surface area contributed by atoms with Crippen molar-refractivity contribution in [1.82, 2.24) is 10.2 Å². The molecule has 2 nitrogen and oxygen atoms in total. The minimum absolute atomic E-state index is 0.626. The molecular formula is C19H32N2. The topological polar surface area (TPSA) is 15.3 Å². The standard InChI is InChI=1S/C19H32N2/c1-17(2)19(18-10-5-3-6-11-18)16-20-12-9-15-21-13-7-4-8-14-21/h3,5-6,10-11,17,19-20H,4,7-9,12-16H2,1-2H3. The molecule has 1 atom stereocenters. The number of hydrogen-bond donors (Lipinski definition) is 1. The highest BCUT2D eigenvalue weighted by molar-refractivity contribution is 5.20. The van der Waals surface area contributed by atoms with Crippen molar-refractivity contribution in [3.05, 3.63) is 35.9 Å². The molecule has 0 radical (unpaired) electrons. The van der Waals surface area contributed by atoms with Crippen molar-refractivity contribution < 1.29 is 0 Å². The molecule has 1 saturated heterocycles. The van der Waals surface area contributed by atoms with Gasteiger partial charge in [0, 0.05) is 6.54 Å². The highest BCUT2D eigenvalue weighted by atomic mass is 15.1. The van der Waals surface area contributed by atoms with E-state index in [0.29, 0.717) is 11.8 Å². The van der Waals surface area contributed by atoms with Gasteiger partial charge in [-0.3, -0.25) is 0 Å². The molecule has 1 unspecified atom stereocenters. The summed E-state index contributed by atoms with van der Waals surface area (Å²) in [6.07, 6.45) is 5.51. The Bertz CT molecular complexity index is 368. The second kappa shape index (κ2) is 9.22. The van der Waals surface area contributed by atoms with Gasteiger partial charge < -0.3 is 10.2 Å². The number of nitrogens with one attached hydrogen (secondary N) is 1. The molecule has 0 amide bonds. The maximum atomic E-state index is 3.68. The number of likely N-dealkylation sites (tertiary alicyclic amines) is 1. The van der Waals surface area contributed by atoms with E-state index in [1.165, 1.54) is 50.9 Å². The zero-order valence-corrected chi connectivity index (χ0v) is 13.9. The SMILES string of the molecule is CC(C)C(CNCCCN1CCCCC1)c1ccccc1. The van der Waals surface area contributed by atoms with Gasteiger partial charge in [0.1, 0.15) is 0 Å². The Morgan fingerprint density at radius 3 is 2.43 bits per heavy atom. The van der Waals surface area contributed by atoms with E-state index < -0.39 is 0 Å². The summed E-state index contributed by atoms with van der Waals surface area (Å²) in [6, 6.07) is 10.9. The van der Waals surface area contributed by atoms with E-state index in [4.69, 9.17) is 0 Å². The monoisotopic (exact) mass is 288 g/mol. The lowest BCUT2D eigenvalue weighted by molar-refractivity contribution is 0.225. The van der Waals surface area contributed by atoms with E-state index in [1.54, 1.807) is 0 Å². The van der Waals surface area contributed by atoms with Crippen molar-refractivity contribution in [1.29, 1.82) is 0 Å². The summed E-state index contributed by atoms with van der Waals surface area (Å²) in [5.74, 6) is 1.31. The minimum Gasteiger partial charge on any atom is -0.316 e. The summed E-state index contributed by atoms with van der Waals surface area (Å²) in [5.41, 5.74) is 1.47. The normalized spacial score (nSPS) is 18.0. The van der Waals surface area contributed by atoms with E-state index in [2.05, 4.69) is 54.4 Å². The third-order valence-corrected chi connectivity index (χ3v) is 4.67. The number of nitrogens with zero attached hydrogens (tertiary/aromatic N) is 1. The van der Waals surface area contributed by atoms with Gasteiger partial charge in [-0.25, -0.2) is 0 Å². The molecule has 118 valence electrons. The van der Waals surface area contributed by atoms with Crippen molar-refractivity contribution in [3.63, 3.8) is 0 Å². The Balaban J connectivity index is 1.66. The molecule has 1 aliphatic rings. The van der Waals surface area contributed by atoms with E-state index in [1.807, 2.05) is 0 Å². The van der Waals surface area contributed by atoms with Crippen LogP contribution in [0.1, 0.15) is 51.0 Å². The van der Waals surface area contributed by atoms with Gasteiger partial charge >= 0.3 is 0 Å². The second-order valence-electron chi connectivity index (χ2n) is 6.72. The van der Waals surface area contributed by atoms with Crippen LogP contribution in [0.2, 0.25) is 0 Å². The van der Waals surface area contributed by atoms with Crippen LogP contribution in [-0.4, -0.2) is 37.6 Å². The summed E-state index contributed by atoms with van der Waals surface area (Å²) >= 11 is 0. The molecule has 1 heterocycles. The third-order valence-electron chi connectivity index (χ3n) is 4.67. The lowest BCUT2D eigenvalue weighted by Crippen LogP contribution is -2.33. The summed E-state index contributed by atoms with van der Waals surface area (Å²) in [6.45, 7) is 10.8. The minimum atomic E-state index is 0.626. The smallest absolute Gasteiger partial charge is 0.00226 e. The Hall–Kier alpha value is -0.860. The second-order valence-corrected chi connectivity index (χ2v) is 6.72. The number of piperidine rings is 1. The van der Waals surface area contributed by atoms with Crippen molar-refractivity contribution in [2.75, 3.05) is 32.7 Å². The van der Waals surface area contributed by atoms with Crippen LogP contribution in [0.3, 0.4) is 0 Å². The first-order valence-corrected chi connectivity index (χ1v) is 8.75. The molecule has 21 heavy (non-hydrogen) atoms. The van der Waals surface area contributed by atoms with E-state index in [-0.39, 0.29) is 0 Å². The molecule has 1 fully saturated rings.